The Bertz CT molecular complexity index is 512. The van der Waals surface area contributed by atoms with Crippen molar-refractivity contribution in [2.45, 2.75) is 39.2 Å². The first-order valence-corrected chi connectivity index (χ1v) is 7.13. The van der Waals surface area contributed by atoms with Crippen LogP contribution in [0.2, 0.25) is 0 Å². The molecule has 1 aromatic rings. The van der Waals surface area contributed by atoms with Crippen molar-refractivity contribution in [3.8, 4) is 0 Å². The van der Waals surface area contributed by atoms with Gasteiger partial charge in [0.1, 0.15) is 0 Å². The smallest absolute Gasteiger partial charge is 0.335 e. The third-order valence-corrected chi connectivity index (χ3v) is 3.94. The van der Waals surface area contributed by atoms with Crippen molar-refractivity contribution in [1.29, 1.82) is 0 Å². The fraction of sp³-hybridized carbons (Fsp3) is 0.500. The number of carbonyl (C=O) groups excluding carboxylic acids is 1. The number of carbonyl (C=O) groups is 2. The average molecular weight is 275 g/mol. The molecule has 0 bridgehead atoms. The van der Waals surface area contributed by atoms with E-state index < -0.39 is 5.97 Å². The highest BCUT2D eigenvalue weighted by molar-refractivity contribution is 5.88. The van der Waals surface area contributed by atoms with Gasteiger partial charge in [-0.3, -0.25) is 4.79 Å². The Labute approximate surface area is 119 Å². The summed E-state index contributed by atoms with van der Waals surface area (Å²) in [6.07, 6.45) is 2.33. The second-order valence-electron chi connectivity index (χ2n) is 5.63. The third kappa shape index (κ3) is 3.18. The molecule has 1 aromatic carbocycles. The lowest BCUT2D eigenvalue weighted by Gasteiger charge is -2.23. The van der Waals surface area contributed by atoms with Crippen molar-refractivity contribution in [3.05, 3.63) is 35.4 Å². The second kappa shape index (κ2) is 6.07. The largest absolute Gasteiger partial charge is 0.478 e. The summed E-state index contributed by atoms with van der Waals surface area (Å²) < 4.78 is 0. The molecule has 0 spiro atoms. The Morgan fingerprint density at radius 2 is 2.15 bits per heavy atom. The van der Waals surface area contributed by atoms with Gasteiger partial charge in [-0.15, -0.1) is 0 Å². The summed E-state index contributed by atoms with van der Waals surface area (Å²) in [7, 11) is 0. The van der Waals surface area contributed by atoms with Gasteiger partial charge in [-0.2, -0.15) is 0 Å². The Morgan fingerprint density at radius 1 is 1.40 bits per heavy atom. The second-order valence-corrected chi connectivity index (χ2v) is 5.63. The van der Waals surface area contributed by atoms with Crippen LogP contribution in [-0.2, 0) is 11.2 Å². The maximum Gasteiger partial charge on any atom is 0.335 e. The van der Waals surface area contributed by atoms with Crippen molar-refractivity contribution in [1.82, 2.24) is 4.90 Å². The van der Waals surface area contributed by atoms with Gasteiger partial charge in [0.25, 0.3) is 0 Å². The van der Waals surface area contributed by atoms with Crippen molar-refractivity contribution in [2.24, 2.45) is 5.92 Å². The standard InChI is InChI=1S/C16H21NO3/c1-3-14-7-11(2)10-17(14)15(18)9-12-5-4-6-13(8-12)16(19)20/h4-6,8,11,14H,3,7,9-10H2,1-2H3,(H,19,20). The van der Waals surface area contributed by atoms with E-state index in [9.17, 15) is 9.59 Å². The molecule has 0 saturated carbocycles. The number of carboxylic acid groups (broad SMARTS) is 1. The van der Waals surface area contributed by atoms with Gasteiger partial charge in [-0.1, -0.05) is 26.0 Å². The van der Waals surface area contributed by atoms with E-state index in [2.05, 4.69) is 13.8 Å². The SMILES string of the molecule is CCC1CC(C)CN1C(=O)Cc1cccc(C(=O)O)c1. The number of nitrogens with zero attached hydrogens (tertiary/aromatic N) is 1. The summed E-state index contributed by atoms with van der Waals surface area (Å²) >= 11 is 0. The van der Waals surface area contributed by atoms with Gasteiger partial charge >= 0.3 is 5.97 Å². The molecule has 0 radical (unpaired) electrons. The van der Waals surface area contributed by atoms with Crippen molar-refractivity contribution < 1.29 is 14.7 Å². The zero-order valence-electron chi connectivity index (χ0n) is 12.0. The van der Waals surface area contributed by atoms with Gasteiger partial charge in [0, 0.05) is 12.6 Å². The Morgan fingerprint density at radius 3 is 2.80 bits per heavy atom. The molecule has 0 aromatic heterocycles. The molecular weight excluding hydrogens is 254 g/mol. The number of hydrogen-bond donors (Lipinski definition) is 1. The average Bonchev–Trinajstić information content (AvgIpc) is 2.80. The summed E-state index contributed by atoms with van der Waals surface area (Å²) in [6.45, 7) is 5.09. The minimum atomic E-state index is -0.958. The summed E-state index contributed by atoms with van der Waals surface area (Å²) in [5, 5.41) is 8.97. The number of carboxylic acids is 1. The molecule has 2 rings (SSSR count). The molecule has 0 aliphatic carbocycles. The van der Waals surface area contributed by atoms with Crippen molar-refractivity contribution >= 4 is 11.9 Å². The summed E-state index contributed by atoms with van der Waals surface area (Å²) in [5.41, 5.74) is 1.00. The molecule has 1 N–H and O–H groups in total. The Kier molecular flexibility index (Phi) is 4.42. The van der Waals surface area contributed by atoms with E-state index in [1.54, 1.807) is 18.2 Å². The normalized spacial score (nSPS) is 22.0. The van der Waals surface area contributed by atoms with Gasteiger partial charge in [-0.05, 0) is 36.5 Å². The molecule has 4 heteroatoms. The summed E-state index contributed by atoms with van der Waals surface area (Å²) in [4.78, 5) is 25.3. The zero-order chi connectivity index (χ0) is 14.7. The predicted molar refractivity (Wildman–Crippen MR) is 76.7 cm³/mol. The molecule has 1 aliphatic heterocycles. The van der Waals surface area contributed by atoms with E-state index in [1.807, 2.05) is 11.0 Å². The number of aromatic carboxylic acids is 1. The minimum Gasteiger partial charge on any atom is -0.478 e. The molecule has 4 nitrogen and oxygen atoms in total. The van der Waals surface area contributed by atoms with Gasteiger partial charge in [0.2, 0.25) is 5.91 Å². The zero-order valence-corrected chi connectivity index (χ0v) is 12.0. The van der Waals surface area contributed by atoms with E-state index in [0.29, 0.717) is 12.0 Å². The molecule has 1 amide bonds. The molecule has 108 valence electrons. The number of likely N-dealkylation sites (tertiary alicyclic amines) is 1. The topological polar surface area (TPSA) is 57.6 Å². The Hall–Kier alpha value is -1.84. The number of rotatable bonds is 4. The van der Waals surface area contributed by atoms with E-state index in [0.717, 1.165) is 24.9 Å². The maximum absolute atomic E-state index is 12.4. The molecule has 1 heterocycles. The fourth-order valence-corrected chi connectivity index (χ4v) is 2.93. The molecule has 1 fully saturated rings. The highest BCUT2D eigenvalue weighted by Gasteiger charge is 2.31. The minimum absolute atomic E-state index is 0.101. The van der Waals surface area contributed by atoms with Gasteiger partial charge in [0.05, 0.1) is 12.0 Å². The van der Waals surface area contributed by atoms with Crippen molar-refractivity contribution in [2.75, 3.05) is 6.54 Å². The lowest BCUT2D eigenvalue weighted by molar-refractivity contribution is -0.131. The lowest BCUT2D eigenvalue weighted by Crippen LogP contribution is -2.36. The van der Waals surface area contributed by atoms with Crippen LogP contribution in [0.15, 0.2) is 24.3 Å². The highest BCUT2D eigenvalue weighted by Crippen LogP contribution is 2.25. The molecule has 2 unspecified atom stereocenters. The molecule has 20 heavy (non-hydrogen) atoms. The fourth-order valence-electron chi connectivity index (χ4n) is 2.93. The van der Waals surface area contributed by atoms with E-state index in [1.165, 1.54) is 0 Å². The monoisotopic (exact) mass is 275 g/mol. The maximum atomic E-state index is 12.4. The van der Waals surface area contributed by atoms with Crippen molar-refractivity contribution in [3.63, 3.8) is 0 Å². The van der Waals surface area contributed by atoms with Gasteiger partial charge in [-0.25, -0.2) is 4.79 Å². The van der Waals surface area contributed by atoms with E-state index in [4.69, 9.17) is 5.11 Å². The van der Waals surface area contributed by atoms with Crippen LogP contribution in [0.4, 0.5) is 0 Å². The van der Waals surface area contributed by atoms with Crippen LogP contribution in [0.25, 0.3) is 0 Å². The summed E-state index contributed by atoms with van der Waals surface area (Å²) in [5.74, 6) is -0.307. The van der Waals surface area contributed by atoms with Crippen LogP contribution in [-0.4, -0.2) is 34.5 Å². The number of hydrogen-bond acceptors (Lipinski definition) is 2. The molecule has 1 saturated heterocycles. The first-order valence-electron chi connectivity index (χ1n) is 7.13. The van der Waals surface area contributed by atoms with Crippen LogP contribution in [0.3, 0.4) is 0 Å². The van der Waals surface area contributed by atoms with Crippen LogP contribution in [0, 0.1) is 5.92 Å². The molecule has 1 aliphatic rings. The first-order chi connectivity index (χ1) is 9.51. The van der Waals surface area contributed by atoms with E-state index in [-0.39, 0.29) is 17.9 Å². The van der Waals surface area contributed by atoms with Crippen LogP contribution >= 0.6 is 0 Å². The quantitative estimate of drug-likeness (QED) is 0.918. The first kappa shape index (κ1) is 14.6. The third-order valence-electron chi connectivity index (χ3n) is 3.94. The van der Waals surface area contributed by atoms with Gasteiger partial charge < -0.3 is 10.0 Å². The highest BCUT2D eigenvalue weighted by atomic mass is 16.4. The molecule has 2 atom stereocenters. The Balaban J connectivity index is 2.08. The lowest BCUT2D eigenvalue weighted by atomic mass is 10.1. The summed E-state index contributed by atoms with van der Waals surface area (Å²) in [6, 6.07) is 6.96. The number of amides is 1. The molecular formula is C16H21NO3. The van der Waals surface area contributed by atoms with Crippen LogP contribution in [0.5, 0.6) is 0 Å². The number of benzene rings is 1. The van der Waals surface area contributed by atoms with Crippen LogP contribution < -0.4 is 0 Å². The van der Waals surface area contributed by atoms with Gasteiger partial charge in [0.15, 0.2) is 0 Å². The predicted octanol–water partition coefficient (Wildman–Crippen LogP) is 2.57. The van der Waals surface area contributed by atoms with E-state index >= 15 is 0 Å². The van der Waals surface area contributed by atoms with Crippen LogP contribution in [0.1, 0.15) is 42.6 Å².